The van der Waals surface area contributed by atoms with Crippen LogP contribution in [0.25, 0.3) is 0 Å². The second-order valence-electron chi connectivity index (χ2n) is 6.41. The van der Waals surface area contributed by atoms with E-state index in [4.69, 9.17) is 14.2 Å². The van der Waals surface area contributed by atoms with Crippen LogP contribution in [-0.2, 0) is 10.0 Å². The number of rotatable bonds is 10. The largest absolute Gasteiger partial charge is 0.497 e. The average Bonchev–Trinajstić information content (AvgIpc) is 2.70. The number of ether oxygens (including phenoxy) is 3. The fourth-order valence-corrected chi connectivity index (χ4v) is 3.51. The molecule has 29 heavy (non-hydrogen) atoms. The number of carbonyl (C=O) groups is 1. The van der Waals surface area contributed by atoms with Gasteiger partial charge in [-0.15, -0.1) is 0 Å². The molecule has 0 saturated heterocycles. The maximum atomic E-state index is 12.6. The highest BCUT2D eigenvalue weighted by molar-refractivity contribution is 7.89. The Labute approximate surface area is 171 Å². The number of nitrogens with one attached hydrogen (secondary N) is 2. The van der Waals surface area contributed by atoms with Crippen molar-refractivity contribution in [1.82, 2.24) is 10.0 Å². The lowest BCUT2D eigenvalue weighted by Gasteiger charge is -2.14. The summed E-state index contributed by atoms with van der Waals surface area (Å²) in [7, 11) is -0.828. The Morgan fingerprint density at radius 3 is 2.24 bits per heavy atom. The molecular weight excluding hydrogens is 396 g/mol. The van der Waals surface area contributed by atoms with Crippen LogP contribution in [0.3, 0.4) is 0 Å². The van der Waals surface area contributed by atoms with E-state index in [2.05, 4.69) is 10.0 Å². The molecule has 0 radical (unpaired) electrons. The Kier molecular flexibility index (Phi) is 7.86. The number of benzene rings is 2. The van der Waals surface area contributed by atoms with Gasteiger partial charge in [0.1, 0.15) is 23.9 Å². The summed E-state index contributed by atoms with van der Waals surface area (Å²) in [6.07, 6.45) is 0. The highest BCUT2D eigenvalue weighted by Crippen LogP contribution is 2.22. The molecule has 0 aromatic heterocycles. The molecule has 2 aromatic carbocycles. The third kappa shape index (κ3) is 6.37. The smallest absolute Gasteiger partial charge is 0.255 e. The van der Waals surface area contributed by atoms with Gasteiger partial charge in [-0.25, -0.2) is 13.1 Å². The van der Waals surface area contributed by atoms with Crippen molar-refractivity contribution in [2.75, 3.05) is 27.4 Å². The number of amides is 1. The zero-order chi connectivity index (χ0) is 21.4. The maximum absolute atomic E-state index is 12.6. The Morgan fingerprint density at radius 2 is 1.66 bits per heavy atom. The van der Waals surface area contributed by atoms with E-state index in [0.717, 1.165) is 0 Å². The summed E-state index contributed by atoms with van der Waals surface area (Å²) in [6, 6.07) is 11.0. The third-order valence-electron chi connectivity index (χ3n) is 3.87. The minimum absolute atomic E-state index is 0.0309. The van der Waals surface area contributed by atoms with Crippen molar-refractivity contribution in [3.8, 4) is 17.2 Å². The standard InChI is InChI=1S/C20H26N2O6S/c1-14(2)22-20(23)18-13-17(9-10-19(18)27-4)29(24,25)21-11-12-28-16-7-5-15(26-3)6-8-16/h5-10,13-14,21H,11-12H2,1-4H3,(H,22,23). The van der Waals surface area contributed by atoms with E-state index in [1.807, 2.05) is 13.8 Å². The Morgan fingerprint density at radius 1 is 1.00 bits per heavy atom. The molecule has 2 aromatic rings. The third-order valence-corrected chi connectivity index (χ3v) is 5.33. The van der Waals surface area contributed by atoms with Crippen molar-refractivity contribution in [3.63, 3.8) is 0 Å². The molecule has 0 spiro atoms. The molecule has 8 nitrogen and oxygen atoms in total. The molecule has 0 unspecified atom stereocenters. The lowest BCUT2D eigenvalue weighted by Crippen LogP contribution is -2.31. The molecule has 0 aliphatic rings. The van der Waals surface area contributed by atoms with Crippen LogP contribution < -0.4 is 24.2 Å². The maximum Gasteiger partial charge on any atom is 0.255 e. The van der Waals surface area contributed by atoms with Crippen LogP contribution in [0.2, 0.25) is 0 Å². The zero-order valence-electron chi connectivity index (χ0n) is 16.9. The van der Waals surface area contributed by atoms with Crippen LogP contribution in [-0.4, -0.2) is 47.7 Å². The van der Waals surface area contributed by atoms with Crippen molar-refractivity contribution < 1.29 is 27.4 Å². The SMILES string of the molecule is COc1ccc(OCCNS(=O)(=O)c2ccc(OC)c(C(=O)NC(C)C)c2)cc1. The number of hydrogen-bond acceptors (Lipinski definition) is 6. The summed E-state index contributed by atoms with van der Waals surface area (Å²) in [5.74, 6) is 1.19. The van der Waals surface area contributed by atoms with Crippen molar-refractivity contribution in [2.45, 2.75) is 24.8 Å². The van der Waals surface area contributed by atoms with E-state index < -0.39 is 15.9 Å². The van der Waals surface area contributed by atoms with E-state index in [1.165, 1.54) is 25.3 Å². The summed E-state index contributed by atoms with van der Waals surface area (Å²) >= 11 is 0. The van der Waals surface area contributed by atoms with Crippen LogP contribution in [0.1, 0.15) is 24.2 Å². The summed E-state index contributed by atoms with van der Waals surface area (Å²) in [6.45, 7) is 3.83. The second kappa shape index (κ2) is 10.1. The summed E-state index contributed by atoms with van der Waals surface area (Å²) in [5.41, 5.74) is 0.151. The Balaban J connectivity index is 2.03. The van der Waals surface area contributed by atoms with Crippen LogP contribution >= 0.6 is 0 Å². The first-order chi connectivity index (χ1) is 13.8. The first-order valence-corrected chi connectivity index (χ1v) is 10.5. The molecule has 158 valence electrons. The van der Waals surface area contributed by atoms with E-state index in [1.54, 1.807) is 31.4 Å². The van der Waals surface area contributed by atoms with E-state index in [9.17, 15) is 13.2 Å². The fourth-order valence-electron chi connectivity index (χ4n) is 2.47. The van der Waals surface area contributed by atoms with Gasteiger partial charge in [-0.1, -0.05) is 0 Å². The molecule has 0 atom stereocenters. The molecule has 0 aliphatic carbocycles. The van der Waals surface area contributed by atoms with Gasteiger partial charge in [-0.2, -0.15) is 0 Å². The van der Waals surface area contributed by atoms with Gasteiger partial charge >= 0.3 is 0 Å². The van der Waals surface area contributed by atoms with E-state index in [-0.39, 0.29) is 29.7 Å². The van der Waals surface area contributed by atoms with Gasteiger partial charge < -0.3 is 19.5 Å². The van der Waals surface area contributed by atoms with Crippen LogP contribution in [0.15, 0.2) is 47.4 Å². The molecule has 2 rings (SSSR count). The first kappa shape index (κ1) is 22.5. The van der Waals surface area contributed by atoms with E-state index in [0.29, 0.717) is 17.2 Å². The Hall–Kier alpha value is -2.78. The quantitative estimate of drug-likeness (QED) is 0.569. The summed E-state index contributed by atoms with van der Waals surface area (Å²) in [4.78, 5) is 12.3. The molecular formula is C20H26N2O6S. The van der Waals surface area contributed by atoms with Gasteiger partial charge in [-0.3, -0.25) is 4.79 Å². The second-order valence-corrected chi connectivity index (χ2v) is 8.18. The van der Waals surface area contributed by atoms with Gasteiger partial charge in [-0.05, 0) is 56.3 Å². The minimum atomic E-state index is -3.82. The molecule has 0 fully saturated rings. The normalized spacial score (nSPS) is 11.2. The minimum Gasteiger partial charge on any atom is -0.497 e. The van der Waals surface area contributed by atoms with Crippen molar-refractivity contribution in [2.24, 2.45) is 0 Å². The number of carbonyl (C=O) groups excluding carboxylic acids is 1. The van der Waals surface area contributed by atoms with Gasteiger partial charge in [0.25, 0.3) is 5.91 Å². The highest BCUT2D eigenvalue weighted by Gasteiger charge is 2.20. The topological polar surface area (TPSA) is 103 Å². The summed E-state index contributed by atoms with van der Waals surface area (Å²) in [5, 5.41) is 2.73. The van der Waals surface area contributed by atoms with Gasteiger partial charge in [0.15, 0.2) is 0 Å². The van der Waals surface area contributed by atoms with Gasteiger partial charge in [0.05, 0.1) is 24.7 Å². The Bertz CT molecular complexity index is 926. The van der Waals surface area contributed by atoms with Crippen molar-refractivity contribution in [3.05, 3.63) is 48.0 Å². The van der Waals surface area contributed by atoms with Crippen LogP contribution in [0.5, 0.6) is 17.2 Å². The highest BCUT2D eigenvalue weighted by atomic mass is 32.2. The number of hydrogen-bond donors (Lipinski definition) is 2. The predicted octanol–water partition coefficient (Wildman–Crippen LogP) is 2.20. The average molecular weight is 423 g/mol. The zero-order valence-corrected chi connectivity index (χ0v) is 17.7. The van der Waals surface area contributed by atoms with Crippen molar-refractivity contribution >= 4 is 15.9 Å². The fraction of sp³-hybridized carbons (Fsp3) is 0.350. The van der Waals surface area contributed by atoms with E-state index >= 15 is 0 Å². The molecule has 0 heterocycles. The molecule has 0 aliphatic heterocycles. The van der Waals surface area contributed by atoms with Gasteiger partial charge in [0.2, 0.25) is 10.0 Å². The lowest BCUT2D eigenvalue weighted by molar-refractivity contribution is 0.0940. The number of methoxy groups -OCH3 is 2. The van der Waals surface area contributed by atoms with Gasteiger partial charge in [0, 0.05) is 12.6 Å². The molecule has 0 saturated carbocycles. The molecule has 1 amide bonds. The molecule has 0 bridgehead atoms. The first-order valence-electron chi connectivity index (χ1n) is 9.02. The predicted molar refractivity (Wildman–Crippen MR) is 109 cm³/mol. The summed E-state index contributed by atoms with van der Waals surface area (Å²) < 4.78 is 43.4. The monoisotopic (exact) mass is 422 g/mol. The molecule has 9 heteroatoms. The van der Waals surface area contributed by atoms with Crippen LogP contribution in [0.4, 0.5) is 0 Å². The number of sulfonamides is 1. The lowest BCUT2D eigenvalue weighted by atomic mass is 10.2. The van der Waals surface area contributed by atoms with Crippen LogP contribution in [0, 0.1) is 0 Å². The van der Waals surface area contributed by atoms with Crippen molar-refractivity contribution in [1.29, 1.82) is 0 Å². The molecule has 2 N–H and O–H groups in total.